The molecule has 0 aliphatic heterocycles. The third-order valence-corrected chi connectivity index (χ3v) is 5.26. The first-order valence-electron chi connectivity index (χ1n) is 10.4. The summed E-state index contributed by atoms with van der Waals surface area (Å²) in [5.41, 5.74) is 7.14. The molecule has 8 heteroatoms. The van der Waals surface area contributed by atoms with Gasteiger partial charge in [0.25, 0.3) is 11.5 Å². The standard InChI is InChI=1S/C24H28N4O4/c1-16(2)18-9-11-19(12-10-18)23(30)28(15-17-7-5-4-6-8-17)20-21(25)27(13-14-32-3)24(31)26-22(20)29/h4-12,16H,13-15,25H2,1-3H3,(H,26,29,31). The van der Waals surface area contributed by atoms with Crippen molar-refractivity contribution in [3.63, 3.8) is 0 Å². The number of aromatic nitrogens is 2. The van der Waals surface area contributed by atoms with E-state index >= 15 is 0 Å². The molecule has 32 heavy (non-hydrogen) atoms. The quantitative estimate of drug-likeness (QED) is 0.564. The summed E-state index contributed by atoms with van der Waals surface area (Å²) in [5.74, 6) is -0.153. The molecule has 0 saturated carbocycles. The molecule has 0 fully saturated rings. The number of H-pyrrole nitrogens is 1. The van der Waals surface area contributed by atoms with Crippen LogP contribution in [-0.4, -0.2) is 29.2 Å². The molecule has 0 radical (unpaired) electrons. The van der Waals surface area contributed by atoms with Crippen LogP contribution in [0.5, 0.6) is 0 Å². The Hall–Kier alpha value is -3.65. The Labute approximate surface area is 186 Å². The summed E-state index contributed by atoms with van der Waals surface area (Å²) >= 11 is 0. The minimum atomic E-state index is -0.718. The largest absolute Gasteiger partial charge is 0.383 e. The number of benzene rings is 2. The highest BCUT2D eigenvalue weighted by Crippen LogP contribution is 2.23. The topological polar surface area (TPSA) is 110 Å². The van der Waals surface area contributed by atoms with Gasteiger partial charge in [-0.1, -0.05) is 56.3 Å². The second-order valence-corrected chi connectivity index (χ2v) is 7.79. The van der Waals surface area contributed by atoms with Crippen LogP contribution in [-0.2, 0) is 17.8 Å². The maximum absolute atomic E-state index is 13.6. The van der Waals surface area contributed by atoms with Crippen LogP contribution in [0.15, 0.2) is 64.2 Å². The third kappa shape index (κ3) is 4.97. The van der Waals surface area contributed by atoms with Crippen molar-refractivity contribution < 1.29 is 9.53 Å². The Kier molecular flexibility index (Phi) is 7.27. The molecule has 3 aromatic rings. The number of methoxy groups -OCH3 is 1. The number of hydrogen-bond donors (Lipinski definition) is 2. The lowest BCUT2D eigenvalue weighted by atomic mass is 10.0. The highest BCUT2D eigenvalue weighted by molar-refractivity contribution is 6.07. The van der Waals surface area contributed by atoms with E-state index in [9.17, 15) is 14.4 Å². The summed E-state index contributed by atoms with van der Waals surface area (Å²) in [6.45, 7) is 4.62. The van der Waals surface area contributed by atoms with Crippen molar-refractivity contribution in [1.82, 2.24) is 9.55 Å². The zero-order valence-electron chi connectivity index (χ0n) is 18.5. The van der Waals surface area contributed by atoms with Crippen LogP contribution in [0.25, 0.3) is 0 Å². The molecule has 3 N–H and O–H groups in total. The number of rotatable bonds is 8. The number of anilines is 2. The lowest BCUT2D eigenvalue weighted by molar-refractivity contribution is 0.0984. The molecule has 0 unspecified atom stereocenters. The van der Waals surface area contributed by atoms with Gasteiger partial charge in [0.2, 0.25) is 0 Å². The SMILES string of the molecule is COCCn1c(N)c(N(Cc2ccccc2)C(=O)c2ccc(C(C)C)cc2)c(=O)[nH]c1=O. The molecule has 1 amide bonds. The highest BCUT2D eigenvalue weighted by Gasteiger charge is 2.25. The molecule has 0 aliphatic rings. The first kappa shape index (κ1) is 23.0. The van der Waals surface area contributed by atoms with Crippen LogP contribution >= 0.6 is 0 Å². The molecule has 1 aromatic heterocycles. The van der Waals surface area contributed by atoms with Crippen molar-refractivity contribution in [3.8, 4) is 0 Å². The van der Waals surface area contributed by atoms with Gasteiger partial charge >= 0.3 is 5.69 Å². The maximum Gasteiger partial charge on any atom is 0.330 e. The van der Waals surface area contributed by atoms with Crippen LogP contribution in [0, 0.1) is 0 Å². The Morgan fingerprint density at radius 1 is 1.09 bits per heavy atom. The second kappa shape index (κ2) is 10.1. The molecular formula is C24H28N4O4. The zero-order chi connectivity index (χ0) is 23.3. The van der Waals surface area contributed by atoms with E-state index in [1.807, 2.05) is 42.5 Å². The predicted octanol–water partition coefficient (Wildman–Crippen LogP) is 2.74. The average Bonchev–Trinajstić information content (AvgIpc) is 2.78. The number of nitrogen functional groups attached to an aromatic ring is 1. The summed E-state index contributed by atoms with van der Waals surface area (Å²) in [6, 6.07) is 16.5. The Morgan fingerprint density at radius 3 is 2.34 bits per heavy atom. The highest BCUT2D eigenvalue weighted by atomic mass is 16.5. The fourth-order valence-electron chi connectivity index (χ4n) is 3.43. The van der Waals surface area contributed by atoms with E-state index in [0.717, 1.165) is 11.1 Å². The molecule has 0 saturated heterocycles. The summed E-state index contributed by atoms with van der Waals surface area (Å²) in [4.78, 5) is 42.3. The Morgan fingerprint density at radius 2 is 1.75 bits per heavy atom. The van der Waals surface area contributed by atoms with Gasteiger partial charge in [-0.25, -0.2) is 4.79 Å². The van der Waals surface area contributed by atoms with Crippen molar-refractivity contribution in [2.75, 3.05) is 24.4 Å². The Bertz CT molecular complexity index is 1180. The number of carbonyl (C=O) groups is 1. The zero-order valence-corrected chi connectivity index (χ0v) is 18.5. The van der Waals surface area contributed by atoms with E-state index in [-0.39, 0.29) is 31.2 Å². The van der Waals surface area contributed by atoms with Crippen LogP contribution in [0.1, 0.15) is 41.3 Å². The monoisotopic (exact) mass is 436 g/mol. The number of ether oxygens (including phenoxy) is 1. The summed E-state index contributed by atoms with van der Waals surface area (Å²) in [7, 11) is 1.50. The van der Waals surface area contributed by atoms with Gasteiger partial charge in [-0.3, -0.25) is 24.0 Å². The molecule has 1 heterocycles. The maximum atomic E-state index is 13.6. The van der Waals surface area contributed by atoms with Gasteiger partial charge in [0.05, 0.1) is 19.7 Å². The van der Waals surface area contributed by atoms with Gasteiger partial charge in [0, 0.05) is 12.7 Å². The molecule has 8 nitrogen and oxygen atoms in total. The smallest absolute Gasteiger partial charge is 0.330 e. The van der Waals surface area contributed by atoms with Crippen LogP contribution in [0.3, 0.4) is 0 Å². The molecule has 0 atom stereocenters. The van der Waals surface area contributed by atoms with E-state index in [2.05, 4.69) is 18.8 Å². The van der Waals surface area contributed by atoms with Crippen molar-refractivity contribution in [1.29, 1.82) is 0 Å². The number of aromatic amines is 1. The number of hydrogen-bond acceptors (Lipinski definition) is 5. The summed E-state index contributed by atoms with van der Waals surface area (Å²) in [6.07, 6.45) is 0. The van der Waals surface area contributed by atoms with Crippen molar-refractivity contribution >= 4 is 17.4 Å². The molecule has 3 rings (SSSR count). The predicted molar refractivity (Wildman–Crippen MR) is 125 cm³/mol. The van der Waals surface area contributed by atoms with E-state index in [4.69, 9.17) is 10.5 Å². The van der Waals surface area contributed by atoms with Gasteiger partial charge in [-0.05, 0) is 29.2 Å². The first-order chi connectivity index (χ1) is 15.3. The Balaban J connectivity index is 2.12. The fraction of sp³-hybridized carbons (Fsp3) is 0.292. The van der Waals surface area contributed by atoms with Gasteiger partial charge < -0.3 is 10.5 Å². The molecule has 0 bridgehead atoms. The van der Waals surface area contributed by atoms with Gasteiger partial charge in [0.1, 0.15) is 5.82 Å². The fourth-order valence-corrected chi connectivity index (χ4v) is 3.43. The lowest BCUT2D eigenvalue weighted by Gasteiger charge is -2.25. The van der Waals surface area contributed by atoms with Crippen LogP contribution in [0.2, 0.25) is 0 Å². The molecule has 168 valence electrons. The van der Waals surface area contributed by atoms with Crippen LogP contribution < -0.4 is 21.9 Å². The van der Waals surface area contributed by atoms with Crippen molar-refractivity contribution in [2.24, 2.45) is 0 Å². The molecule has 0 spiro atoms. The number of nitrogens with two attached hydrogens (primary N) is 1. The normalized spacial score (nSPS) is 11.0. The van der Waals surface area contributed by atoms with E-state index in [1.54, 1.807) is 12.1 Å². The molecular weight excluding hydrogens is 408 g/mol. The van der Waals surface area contributed by atoms with E-state index < -0.39 is 17.2 Å². The summed E-state index contributed by atoms with van der Waals surface area (Å²) in [5, 5.41) is 0. The third-order valence-electron chi connectivity index (χ3n) is 5.26. The first-order valence-corrected chi connectivity index (χ1v) is 10.4. The van der Waals surface area contributed by atoms with Gasteiger partial charge in [0.15, 0.2) is 5.69 Å². The minimum absolute atomic E-state index is 0.0671. The van der Waals surface area contributed by atoms with E-state index in [1.165, 1.54) is 16.6 Å². The van der Waals surface area contributed by atoms with Gasteiger partial charge in [-0.15, -0.1) is 0 Å². The van der Waals surface area contributed by atoms with Crippen molar-refractivity contribution in [3.05, 3.63) is 92.1 Å². The summed E-state index contributed by atoms with van der Waals surface area (Å²) < 4.78 is 6.24. The number of nitrogens with one attached hydrogen (secondary N) is 1. The molecule has 2 aromatic carbocycles. The number of nitrogens with zero attached hydrogens (tertiary/aromatic N) is 2. The second-order valence-electron chi connectivity index (χ2n) is 7.79. The average molecular weight is 437 g/mol. The molecule has 0 aliphatic carbocycles. The van der Waals surface area contributed by atoms with Gasteiger partial charge in [-0.2, -0.15) is 0 Å². The lowest BCUT2D eigenvalue weighted by Crippen LogP contribution is -2.41. The number of amides is 1. The van der Waals surface area contributed by atoms with Crippen LogP contribution in [0.4, 0.5) is 11.5 Å². The number of carbonyl (C=O) groups excluding carboxylic acids is 1. The minimum Gasteiger partial charge on any atom is -0.383 e. The van der Waals surface area contributed by atoms with E-state index in [0.29, 0.717) is 11.5 Å². The van der Waals surface area contributed by atoms with Crippen molar-refractivity contribution in [2.45, 2.75) is 32.9 Å².